The van der Waals surface area contributed by atoms with Crippen molar-refractivity contribution >= 4 is 11.7 Å². The lowest BCUT2D eigenvalue weighted by Crippen LogP contribution is -2.12. The van der Waals surface area contributed by atoms with Gasteiger partial charge in [0, 0.05) is 12.5 Å². The Hall–Kier alpha value is -2.43. The molecule has 0 aliphatic rings. The van der Waals surface area contributed by atoms with Crippen LogP contribution in [0, 0.1) is 6.92 Å². The van der Waals surface area contributed by atoms with E-state index in [1.54, 1.807) is 6.20 Å². The van der Waals surface area contributed by atoms with Crippen LogP contribution in [0.4, 0.5) is 5.69 Å². The van der Waals surface area contributed by atoms with E-state index >= 15 is 0 Å². The molecular formula is C16H19N3O2. The number of hydrogen-bond acceptors (Lipinski definition) is 4. The largest absolute Gasteiger partial charge is 0.476 e. The van der Waals surface area contributed by atoms with Gasteiger partial charge < -0.3 is 10.4 Å². The highest BCUT2D eigenvalue weighted by molar-refractivity contribution is 5.91. The lowest BCUT2D eigenvalue weighted by molar-refractivity contribution is 0.0691. The molecule has 0 spiro atoms. The second-order valence-corrected chi connectivity index (χ2v) is 5.23. The predicted molar refractivity (Wildman–Crippen MR) is 81.6 cm³/mol. The van der Waals surface area contributed by atoms with Crippen LogP contribution in [-0.4, -0.2) is 21.0 Å². The number of carboxylic acid groups (broad SMARTS) is 1. The Bertz CT molecular complexity index is 654. The van der Waals surface area contributed by atoms with Gasteiger partial charge >= 0.3 is 5.97 Å². The molecule has 2 N–H and O–H groups in total. The lowest BCUT2D eigenvalue weighted by atomic mass is 10.1. The second-order valence-electron chi connectivity index (χ2n) is 5.23. The number of aromatic carboxylic acids is 1. The van der Waals surface area contributed by atoms with E-state index in [9.17, 15) is 9.90 Å². The first kappa shape index (κ1) is 15.0. The summed E-state index contributed by atoms with van der Waals surface area (Å²) in [5.41, 5.74) is 2.72. The summed E-state index contributed by atoms with van der Waals surface area (Å²) < 4.78 is 0. The van der Waals surface area contributed by atoms with E-state index in [1.807, 2.05) is 45.0 Å². The molecule has 110 valence electrons. The standard InChI is InChI=1S/C16H19N3O2/c1-10(2)15-18-9-13(14(19-15)16(20)21)17-8-12-7-5-4-6-11(12)3/h4-7,9-10,17H,8H2,1-3H3,(H,20,21). The molecule has 1 aromatic carbocycles. The number of benzene rings is 1. The number of aromatic nitrogens is 2. The van der Waals surface area contributed by atoms with Crippen molar-refractivity contribution in [3.63, 3.8) is 0 Å². The molecule has 1 heterocycles. The Morgan fingerprint density at radius 2 is 2.05 bits per heavy atom. The summed E-state index contributed by atoms with van der Waals surface area (Å²) in [6, 6.07) is 7.96. The Labute approximate surface area is 124 Å². The van der Waals surface area contributed by atoms with Gasteiger partial charge in [0.25, 0.3) is 0 Å². The molecule has 0 unspecified atom stereocenters. The van der Waals surface area contributed by atoms with Crippen molar-refractivity contribution in [2.24, 2.45) is 0 Å². The molecule has 0 saturated heterocycles. The third-order valence-corrected chi connectivity index (χ3v) is 3.26. The summed E-state index contributed by atoms with van der Waals surface area (Å²) in [7, 11) is 0. The fraction of sp³-hybridized carbons (Fsp3) is 0.312. The lowest BCUT2D eigenvalue weighted by Gasteiger charge is -2.12. The predicted octanol–water partition coefficient (Wildman–Crippen LogP) is 3.22. The van der Waals surface area contributed by atoms with Crippen LogP contribution >= 0.6 is 0 Å². The van der Waals surface area contributed by atoms with Crippen LogP contribution < -0.4 is 5.32 Å². The van der Waals surface area contributed by atoms with Gasteiger partial charge in [0.15, 0.2) is 5.69 Å². The molecule has 0 bridgehead atoms. The van der Waals surface area contributed by atoms with Crippen LogP contribution in [0.15, 0.2) is 30.5 Å². The van der Waals surface area contributed by atoms with Crippen molar-refractivity contribution in [1.82, 2.24) is 9.97 Å². The summed E-state index contributed by atoms with van der Waals surface area (Å²) in [6.45, 7) is 6.42. The van der Waals surface area contributed by atoms with Crippen LogP contribution in [0.5, 0.6) is 0 Å². The van der Waals surface area contributed by atoms with E-state index in [0.29, 0.717) is 18.1 Å². The van der Waals surface area contributed by atoms with E-state index in [2.05, 4.69) is 15.3 Å². The minimum absolute atomic E-state index is 0.0160. The molecule has 0 saturated carbocycles. The second kappa shape index (κ2) is 6.35. The van der Waals surface area contributed by atoms with E-state index in [1.165, 1.54) is 0 Å². The molecule has 1 aromatic heterocycles. The molecular weight excluding hydrogens is 266 g/mol. The van der Waals surface area contributed by atoms with Crippen LogP contribution in [0.25, 0.3) is 0 Å². The maximum absolute atomic E-state index is 11.3. The zero-order valence-corrected chi connectivity index (χ0v) is 12.4. The number of rotatable bonds is 5. The number of carbonyl (C=O) groups is 1. The molecule has 21 heavy (non-hydrogen) atoms. The van der Waals surface area contributed by atoms with Crippen LogP contribution in [0.1, 0.15) is 47.2 Å². The molecule has 2 aromatic rings. The highest BCUT2D eigenvalue weighted by Gasteiger charge is 2.15. The van der Waals surface area contributed by atoms with Gasteiger partial charge in [-0.1, -0.05) is 38.1 Å². The Kier molecular flexibility index (Phi) is 4.52. The van der Waals surface area contributed by atoms with E-state index in [-0.39, 0.29) is 11.6 Å². The number of hydrogen-bond donors (Lipinski definition) is 2. The molecule has 5 nitrogen and oxygen atoms in total. The molecule has 0 aliphatic heterocycles. The summed E-state index contributed by atoms with van der Waals surface area (Å²) >= 11 is 0. The Balaban J connectivity index is 2.24. The average Bonchev–Trinajstić information content (AvgIpc) is 2.46. The maximum Gasteiger partial charge on any atom is 0.356 e. The average molecular weight is 285 g/mol. The number of nitrogens with zero attached hydrogens (tertiary/aromatic N) is 2. The van der Waals surface area contributed by atoms with Crippen molar-refractivity contribution < 1.29 is 9.90 Å². The molecule has 0 fully saturated rings. The maximum atomic E-state index is 11.3. The fourth-order valence-corrected chi connectivity index (χ4v) is 1.96. The van der Waals surface area contributed by atoms with E-state index in [4.69, 9.17) is 0 Å². The molecule has 5 heteroatoms. The summed E-state index contributed by atoms with van der Waals surface area (Å²) in [6.07, 6.45) is 1.55. The number of aryl methyl sites for hydroxylation is 1. The first-order valence-corrected chi connectivity index (χ1v) is 6.87. The van der Waals surface area contributed by atoms with Crippen molar-refractivity contribution in [1.29, 1.82) is 0 Å². The minimum atomic E-state index is -1.05. The van der Waals surface area contributed by atoms with Gasteiger partial charge in [-0.2, -0.15) is 0 Å². The highest BCUT2D eigenvalue weighted by atomic mass is 16.4. The topological polar surface area (TPSA) is 75.1 Å². The van der Waals surface area contributed by atoms with Crippen molar-refractivity contribution in [2.45, 2.75) is 33.2 Å². The van der Waals surface area contributed by atoms with Gasteiger partial charge in [-0.3, -0.25) is 0 Å². The zero-order chi connectivity index (χ0) is 15.4. The fourth-order valence-electron chi connectivity index (χ4n) is 1.96. The zero-order valence-electron chi connectivity index (χ0n) is 12.4. The first-order chi connectivity index (χ1) is 9.99. The van der Waals surface area contributed by atoms with E-state index in [0.717, 1.165) is 11.1 Å². The monoisotopic (exact) mass is 285 g/mol. The third-order valence-electron chi connectivity index (χ3n) is 3.26. The van der Waals surface area contributed by atoms with Crippen LogP contribution in [-0.2, 0) is 6.54 Å². The Morgan fingerprint density at radius 1 is 1.33 bits per heavy atom. The van der Waals surface area contributed by atoms with Gasteiger partial charge in [-0.05, 0) is 18.1 Å². The molecule has 0 radical (unpaired) electrons. The number of anilines is 1. The van der Waals surface area contributed by atoms with Gasteiger partial charge in [0.05, 0.1) is 11.9 Å². The quantitative estimate of drug-likeness (QED) is 0.882. The van der Waals surface area contributed by atoms with E-state index < -0.39 is 5.97 Å². The SMILES string of the molecule is Cc1ccccc1CNc1cnc(C(C)C)nc1C(=O)O. The summed E-state index contributed by atoms with van der Waals surface area (Å²) in [4.78, 5) is 19.7. The minimum Gasteiger partial charge on any atom is -0.476 e. The summed E-state index contributed by atoms with van der Waals surface area (Å²) in [5, 5.41) is 12.4. The third kappa shape index (κ3) is 3.56. The van der Waals surface area contributed by atoms with Crippen molar-refractivity contribution in [3.8, 4) is 0 Å². The highest BCUT2D eigenvalue weighted by Crippen LogP contribution is 2.18. The molecule has 0 aliphatic carbocycles. The number of carboxylic acids is 1. The van der Waals surface area contributed by atoms with Gasteiger partial charge in [0.2, 0.25) is 0 Å². The van der Waals surface area contributed by atoms with Crippen LogP contribution in [0.3, 0.4) is 0 Å². The van der Waals surface area contributed by atoms with Crippen LogP contribution in [0.2, 0.25) is 0 Å². The van der Waals surface area contributed by atoms with Gasteiger partial charge in [-0.25, -0.2) is 14.8 Å². The summed E-state index contributed by atoms with van der Waals surface area (Å²) in [5.74, 6) is -0.422. The molecule has 0 atom stereocenters. The molecule has 0 amide bonds. The van der Waals surface area contributed by atoms with Crippen molar-refractivity contribution in [2.75, 3.05) is 5.32 Å². The van der Waals surface area contributed by atoms with Gasteiger partial charge in [0.1, 0.15) is 5.82 Å². The number of nitrogens with one attached hydrogen (secondary N) is 1. The smallest absolute Gasteiger partial charge is 0.356 e. The van der Waals surface area contributed by atoms with Crippen molar-refractivity contribution in [3.05, 3.63) is 53.1 Å². The van der Waals surface area contributed by atoms with Gasteiger partial charge in [-0.15, -0.1) is 0 Å². The normalized spacial score (nSPS) is 10.7. The Morgan fingerprint density at radius 3 is 2.67 bits per heavy atom. The molecule has 2 rings (SSSR count). The first-order valence-electron chi connectivity index (χ1n) is 6.87.